The van der Waals surface area contributed by atoms with Crippen molar-refractivity contribution in [2.45, 2.75) is 70.8 Å². The normalized spacial score (nSPS) is 12.1. The molecule has 1 unspecified atom stereocenters. The van der Waals surface area contributed by atoms with E-state index in [-0.39, 0.29) is 5.91 Å². The number of hydrogen-bond acceptors (Lipinski definition) is 2. The Labute approximate surface area is 112 Å². The van der Waals surface area contributed by atoms with Crippen molar-refractivity contribution in [1.82, 2.24) is 5.32 Å². The van der Waals surface area contributed by atoms with Gasteiger partial charge >= 0.3 is 0 Å². The van der Waals surface area contributed by atoms with Crippen LogP contribution in [0.15, 0.2) is 12.7 Å². The Morgan fingerprint density at radius 3 is 2.28 bits per heavy atom. The van der Waals surface area contributed by atoms with Gasteiger partial charge in [-0.3, -0.25) is 4.79 Å². The second-order valence-electron chi connectivity index (χ2n) is 4.90. The number of carbonyl (C=O) groups excluding carboxylic acids is 1. The van der Waals surface area contributed by atoms with Gasteiger partial charge in [0, 0.05) is 6.54 Å². The quantitative estimate of drug-likeness (QED) is 0.415. The van der Waals surface area contributed by atoms with Gasteiger partial charge in [-0.25, -0.2) is 0 Å². The van der Waals surface area contributed by atoms with Crippen LogP contribution in [0.25, 0.3) is 0 Å². The van der Waals surface area contributed by atoms with Gasteiger partial charge < -0.3 is 11.1 Å². The summed E-state index contributed by atoms with van der Waals surface area (Å²) in [7, 11) is 0. The second-order valence-corrected chi connectivity index (χ2v) is 4.90. The Bertz CT molecular complexity index is 217. The Morgan fingerprint density at radius 1 is 1.17 bits per heavy atom. The van der Waals surface area contributed by atoms with Gasteiger partial charge in [0.15, 0.2) is 0 Å². The summed E-state index contributed by atoms with van der Waals surface area (Å²) >= 11 is 0. The molecule has 0 rings (SSSR count). The molecule has 0 aromatic carbocycles. The molecule has 0 aromatic heterocycles. The smallest absolute Gasteiger partial charge is 0.237 e. The van der Waals surface area contributed by atoms with Crippen molar-refractivity contribution in [2.75, 3.05) is 6.54 Å². The highest BCUT2D eigenvalue weighted by atomic mass is 16.2. The Kier molecular flexibility index (Phi) is 12.0. The first-order valence-corrected chi connectivity index (χ1v) is 7.36. The summed E-state index contributed by atoms with van der Waals surface area (Å²) in [6.45, 7) is 6.56. The molecule has 0 saturated carbocycles. The van der Waals surface area contributed by atoms with E-state index >= 15 is 0 Å². The highest BCUT2D eigenvalue weighted by Gasteiger charge is 2.09. The summed E-state index contributed by atoms with van der Waals surface area (Å²) in [5, 5.41) is 2.87. The molecule has 3 nitrogen and oxygen atoms in total. The lowest BCUT2D eigenvalue weighted by Crippen LogP contribution is -2.40. The zero-order chi connectivity index (χ0) is 13.6. The van der Waals surface area contributed by atoms with E-state index in [0.717, 1.165) is 13.0 Å². The summed E-state index contributed by atoms with van der Waals surface area (Å²) in [5.41, 5.74) is 5.65. The third-order valence-corrected chi connectivity index (χ3v) is 3.09. The van der Waals surface area contributed by atoms with Crippen molar-refractivity contribution in [1.29, 1.82) is 0 Å². The minimum Gasteiger partial charge on any atom is -0.355 e. The van der Waals surface area contributed by atoms with E-state index in [1.54, 1.807) is 6.08 Å². The highest BCUT2D eigenvalue weighted by molar-refractivity contribution is 5.81. The molecule has 106 valence electrons. The average Bonchev–Trinajstić information content (AvgIpc) is 2.36. The van der Waals surface area contributed by atoms with Gasteiger partial charge in [0.1, 0.15) is 0 Å². The fourth-order valence-corrected chi connectivity index (χ4v) is 1.89. The number of nitrogens with two attached hydrogens (primary N) is 1. The fraction of sp³-hybridized carbons (Fsp3) is 0.800. The SMILES string of the molecule is C=CCC(N)C(=O)NCCCCCCCCCC. The average molecular weight is 254 g/mol. The molecular weight excluding hydrogens is 224 g/mol. The molecular formula is C15H30N2O. The van der Waals surface area contributed by atoms with Gasteiger partial charge in [0.05, 0.1) is 6.04 Å². The zero-order valence-corrected chi connectivity index (χ0v) is 11.9. The van der Waals surface area contributed by atoms with Crippen molar-refractivity contribution in [3.63, 3.8) is 0 Å². The maximum absolute atomic E-state index is 11.5. The van der Waals surface area contributed by atoms with Crippen molar-refractivity contribution in [3.05, 3.63) is 12.7 Å². The lowest BCUT2D eigenvalue weighted by molar-refractivity contribution is -0.122. The van der Waals surface area contributed by atoms with E-state index in [1.165, 1.54) is 44.9 Å². The molecule has 0 heterocycles. The van der Waals surface area contributed by atoms with Crippen LogP contribution in [0.3, 0.4) is 0 Å². The molecule has 18 heavy (non-hydrogen) atoms. The summed E-state index contributed by atoms with van der Waals surface area (Å²) in [6, 6.07) is -0.434. The molecule has 0 aliphatic rings. The number of amides is 1. The topological polar surface area (TPSA) is 55.1 Å². The van der Waals surface area contributed by atoms with E-state index in [1.807, 2.05) is 0 Å². The van der Waals surface area contributed by atoms with Gasteiger partial charge in [-0.15, -0.1) is 6.58 Å². The minimum atomic E-state index is -0.434. The first-order valence-electron chi connectivity index (χ1n) is 7.36. The monoisotopic (exact) mass is 254 g/mol. The Morgan fingerprint density at radius 2 is 1.72 bits per heavy atom. The number of rotatable bonds is 12. The molecule has 0 aliphatic carbocycles. The molecule has 0 radical (unpaired) electrons. The highest BCUT2D eigenvalue weighted by Crippen LogP contribution is 2.07. The van der Waals surface area contributed by atoms with Crippen LogP contribution in [0, 0.1) is 0 Å². The standard InChI is InChI=1S/C15H30N2O/c1-3-5-6-7-8-9-10-11-13-17-15(18)14(16)12-4-2/h4,14H,2-3,5-13,16H2,1H3,(H,17,18). The Hall–Kier alpha value is -0.830. The molecule has 0 saturated heterocycles. The van der Waals surface area contributed by atoms with Gasteiger partial charge in [0.25, 0.3) is 0 Å². The van der Waals surface area contributed by atoms with E-state index in [4.69, 9.17) is 5.73 Å². The summed E-state index contributed by atoms with van der Waals surface area (Å²) < 4.78 is 0. The van der Waals surface area contributed by atoms with E-state index in [0.29, 0.717) is 6.42 Å². The minimum absolute atomic E-state index is 0.0576. The molecule has 0 aliphatic heterocycles. The summed E-state index contributed by atoms with van der Waals surface area (Å²) in [4.78, 5) is 11.5. The van der Waals surface area contributed by atoms with Crippen LogP contribution in [0.5, 0.6) is 0 Å². The fourth-order valence-electron chi connectivity index (χ4n) is 1.89. The third-order valence-electron chi connectivity index (χ3n) is 3.09. The van der Waals surface area contributed by atoms with Gasteiger partial charge in [-0.1, -0.05) is 57.9 Å². The molecule has 0 spiro atoms. The Balaban J connectivity index is 3.24. The maximum Gasteiger partial charge on any atom is 0.237 e. The van der Waals surface area contributed by atoms with E-state index in [2.05, 4.69) is 18.8 Å². The third kappa shape index (κ3) is 10.3. The van der Waals surface area contributed by atoms with Crippen molar-refractivity contribution in [3.8, 4) is 0 Å². The lowest BCUT2D eigenvalue weighted by atomic mass is 10.1. The van der Waals surface area contributed by atoms with Gasteiger partial charge in [0.2, 0.25) is 5.91 Å². The van der Waals surface area contributed by atoms with E-state index < -0.39 is 6.04 Å². The molecule has 3 N–H and O–H groups in total. The number of hydrogen-bond donors (Lipinski definition) is 2. The van der Waals surface area contributed by atoms with Crippen LogP contribution in [0.4, 0.5) is 0 Å². The number of carbonyl (C=O) groups is 1. The van der Waals surface area contributed by atoms with Crippen LogP contribution < -0.4 is 11.1 Å². The zero-order valence-electron chi connectivity index (χ0n) is 11.9. The maximum atomic E-state index is 11.5. The lowest BCUT2D eigenvalue weighted by Gasteiger charge is -2.09. The second kappa shape index (κ2) is 12.6. The summed E-state index contributed by atoms with van der Waals surface area (Å²) in [6.07, 6.45) is 12.5. The van der Waals surface area contributed by atoms with Crippen LogP contribution >= 0.6 is 0 Å². The molecule has 0 aromatic rings. The molecule has 1 amide bonds. The predicted octanol–water partition coefficient (Wildman–Crippen LogP) is 3.15. The van der Waals surface area contributed by atoms with Gasteiger partial charge in [-0.2, -0.15) is 0 Å². The van der Waals surface area contributed by atoms with Crippen molar-refractivity contribution in [2.24, 2.45) is 5.73 Å². The summed E-state index contributed by atoms with van der Waals surface area (Å²) in [5.74, 6) is -0.0576. The van der Waals surface area contributed by atoms with Crippen LogP contribution in [0.2, 0.25) is 0 Å². The van der Waals surface area contributed by atoms with Crippen molar-refractivity contribution >= 4 is 5.91 Å². The van der Waals surface area contributed by atoms with Crippen LogP contribution in [0.1, 0.15) is 64.7 Å². The van der Waals surface area contributed by atoms with Crippen molar-refractivity contribution < 1.29 is 4.79 Å². The van der Waals surface area contributed by atoms with Crippen LogP contribution in [-0.4, -0.2) is 18.5 Å². The number of nitrogens with one attached hydrogen (secondary N) is 1. The van der Waals surface area contributed by atoms with E-state index in [9.17, 15) is 4.79 Å². The molecule has 0 fully saturated rings. The largest absolute Gasteiger partial charge is 0.355 e. The molecule has 0 bridgehead atoms. The predicted molar refractivity (Wildman–Crippen MR) is 78.4 cm³/mol. The first-order chi connectivity index (χ1) is 8.72. The first kappa shape index (κ1) is 17.2. The van der Waals surface area contributed by atoms with Gasteiger partial charge in [-0.05, 0) is 12.8 Å². The molecule has 3 heteroatoms. The van der Waals surface area contributed by atoms with Crippen LogP contribution in [-0.2, 0) is 4.79 Å². The molecule has 1 atom stereocenters. The number of unbranched alkanes of at least 4 members (excludes halogenated alkanes) is 7.